The van der Waals surface area contributed by atoms with E-state index in [1.54, 1.807) is 0 Å². The molecule has 0 unspecified atom stereocenters. The first-order valence-electron chi connectivity index (χ1n) is 5.97. The average molecular weight is 371 g/mol. The molecule has 0 atom stereocenters. The Bertz CT molecular complexity index is 588. The fraction of sp³-hybridized carbons (Fsp3) is 0.385. The van der Waals surface area contributed by atoms with Crippen LogP contribution in [-0.4, -0.2) is 14.8 Å². The van der Waals surface area contributed by atoms with Gasteiger partial charge in [0.15, 0.2) is 5.82 Å². The Kier molecular flexibility index (Phi) is 3.28. The first-order valence-corrected chi connectivity index (χ1v) is 7.88. The second kappa shape index (κ2) is 4.78. The van der Waals surface area contributed by atoms with Crippen LogP contribution in [0.15, 0.2) is 22.7 Å². The van der Waals surface area contributed by atoms with Gasteiger partial charge in [-0.25, -0.2) is 0 Å². The van der Waals surface area contributed by atoms with E-state index in [4.69, 9.17) is 0 Å². The molecule has 3 nitrogen and oxygen atoms in total. The summed E-state index contributed by atoms with van der Waals surface area (Å²) in [7, 11) is 0. The van der Waals surface area contributed by atoms with Gasteiger partial charge in [0.25, 0.3) is 0 Å². The summed E-state index contributed by atoms with van der Waals surface area (Å²) in [4.78, 5) is 0. The molecule has 1 aliphatic carbocycles. The van der Waals surface area contributed by atoms with E-state index in [1.807, 2.05) is 0 Å². The lowest BCUT2D eigenvalue weighted by atomic mass is 10.1. The van der Waals surface area contributed by atoms with E-state index in [9.17, 15) is 0 Å². The normalized spacial score (nSPS) is 15.1. The van der Waals surface area contributed by atoms with Crippen molar-refractivity contribution in [3.63, 3.8) is 0 Å². The number of aromatic nitrogens is 3. The van der Waals surface area contributed by atoms with Crippen LogP contribution in [0.5, 0.6) is 0 Å². The van der Waals surface area contributed by atoms with Crippen molar-refractivity contribution in [1.82, 2.24) is 14.8 Å². The minimum absolute atomic E-state index is 0.584. The standard InChI is InChI=1S/C13H13Br2N3/c1-8-2-3-9(15)6-11(8)13-17-16-12(7-14)18(13)10-4-5-10/h2-3,6,10H,4-5,7H2,1H3. The molecular formula is C13H13Br2N3. The molecule has 1 heterocycles. The van der Waals surface area contributed by atoms with E-state index in [0.29, 0.717) is 6.04 Å². The van der Waals surface area contributed by atoms with Crippen molar-refractivity contribution >= 4 is 31.9 Å². The van der Waals surface area contributed by atoms with Gasteiger partial charge in [0.2, 0.25) is 0 Å². The highest BCUT2D eigenvalue weighted by Crippen LogP contribution is 2.40. The van der Waals surface area contributed by atoms with Gasteiger partial charge >= 0.3 is 0 Å². The Balaban J connectivity index is 2.16. The molecule has 2 aromatic rings. The fourth-order valence-electron chi connectivity index (χ4n) is 2.15. The van der Waals surface area contributed by atoms with Crippen LogP contribution in [-0.2, 0) is 5.33 Å². The quantitative estimate of drug-likeness (QED) is 0.756. The van der Waals surface area contributed by atoms with Gasteiger partial charge in [0, 0.05) is 16.1 Å². The molecule has 1 saturated carbocycles. The summed E-state index contributed by atoms with van der Waals surface area (Å²) in [6, 6.07) is 6.87. The summed E-state index contributed by atoms with van der Waals surface area (Å²) in [5, 5.41) is 9.43. The van der Waals surface area contributed by atoms with Gasteiger partial charge in [0.1, 0.15) is 5.82 Å². The Morgan fingerprint density at radius 1 is 1.33 bits per heavy atom. The number of hydrogen-bond donors (Lipinski definition) is 0. The van der Waals surface area contributed by atoms with Crippen molar-refractivity contribution < 1.29 is 0 Å². The zero-order valence-electron chi connectivity index (χ0n) is 10.0. The molecule has 1 aromatic carbocycles. The number of benzene rings is 1. The van der Waals surface area contributed by atoms with Crippen molar-refractivity contribution in [2.45, 2.75) is 31.1 Å². The summed E-state index contributed by atoms with van der Waals surface area (Å²) in [5.41, 5.74) is 2.39. The van der Waals surface area contributed by atoms with Crippen LogP contribution in [0.4, 0.5) is 0 Å². The van der Waals surface area contributed by atoms with E-state index in [2.05, 4.69) is 71.7 Å². The molecule has 18 heavy (non-hydrogen) atoms. The minimum atomic E-state index is 0.584. The van der Waals surface area contributed by atoms with Gasteiger partial charge in [0.05, 0.1) is 5.33 Å². The predicted molar refractivity (Wildman–Crippen MR) is 78.8 cm³/mol. The highest BCUT2D eigenvalue weighted by molar-refractivity contribution is 9.10. The van der Waals surface area contributed by atoms with Crippen molar-refractivity contribution in [2.24, 2.45) is 0 Å². The Hall–Kier alpha value is -0.680. The maximum atomic E-state index is 4.38. The SMILES string of the molecule is Cc1ccc(Br)cc1-c1nnc(CBr)n1C1CC1. The Morgan fingerprint density at radius 2 is 2.11 bits per heavy atom. The van der Waals surface area contributed by atoms with Gasteiger partial charge in [-0.2, -0.15) is 0 Å². The van der Waals surface area contributed by atoms with Gasteiger partial charge in [-0.1, -0.05) is 37.9 Å². The summed E-state index contributed by atoms with van der Waals surface area (Å²) >= 11 is 7.02. The third-order valence-corrected chi connectivity index (χ3v) is 4.23. The molecule has 5 heteroatoms. The van der Waals surface area contributed by atoms with Crippen molar-refractivity contribution in [2.75, 3.05) is 0 Å². The molecule has 0 saturated heterocycles. The van der Waals surface area contributed by atoms with Gasteiger partial charge in [-0.3, -0.25) is 0 Å². The van der Waals surface area contributed by atoms with E-state index < -0.39 is 0 Å². The third-order valence-electron chi connectivity index (χ3n) is 3.24. The molecular weight excluding hydrogens is 358 g/mol. The predicted octanol–water partition coefficient (Wildman–Crippen LogP) is 4.25. The molecule has 3 rings (SSSR count). The fourth-order valence-corrected chi connectivity index (χ4v) is 2.89. The van der Waals surface area contributed by atoms with Gasteiger partial charge < -0.3 is 4.57 Å². The Morgan fingerprint density at radius 3 is 2.78 bits per heavy atom. The maximum Gasteiger partial charge on any atom is 0.164 e. The lowest BCUT2D eigenvalue weighted by Crippen LogP contribution is -2.02. The van der Waals surface area contributed by atoms with Crippen LogP contribution in [0.2, 0.25) is 0 Å². The monoisotopic (exact) mass is 369 g/mol. The van der Waals surface area contributed by atoms with Crippen LogP contribution < -0.4 is 0 Å². The van der Waals surface area contributed by atoms with E-state index >= 15 is 0 Å². The first kappa shape index (κ1) is 12.4. The van der Waals surface area contributed by atoms with Crippen LogP contribution in [0, 0.1) is 6.92 Å². The molecule has 1 fully saturated rings. The number of hydrogen-bond acceptors (Lipinski definition) is 2. The lowest BCUT2D eigenvalue weighted by Gasteiger charge is -2.10. The molecule has 0 bridgehead atoms. The molecule has 1 aliphatic rings. The number of halogens is 2. The highest BCUT2D eigenvalue weighted by Gasteiger charge is 2.29. The first-order chi connectivity index (χ1) is 8.70. The van der Waals surface area contributed by atoms with Crippen LogP contribution in [0.3, 0.4) is 0 Å². The van der Waals surface area contributed by atoms with E-state index in [1.165, 1.54) is 18.4 Å². The van der Waals surface area contributed by atoms with E-state index in [-0.39, 0.29) is 0 Å². The molecule has 1 aromatic heterocycles. The zero-order valence-corrected chi connectivity index (χ0v) is 13.2. The van der Waals surface area contributed by atoms with Gasteiger partial charge in [-0.15, -0.1) is 10.2 Å². The van der Waals surface area contributed by atoms with Crippen molar-refractivity contribution in [3.8, 4) is 11.4 Å². The minimum Gasteiger partial charge on any atom is -0.307 e. The number of aryl methyl sites for hydroxylation is 1. The zero-order chi connectivity index (χ0) is 12.7. The molecule has 0 spiro atoms. The third kappa shape index (κ3) is 2.14. The average Bonchev–Trinajstić information content (AvgIpc) is 3.12. The summed E-state index contributed by atoms with van der Waals surface area (Å²) in [5.74, 6) is 2.01. The second-order valence-corrected chi connectivity index (χ2v) is 6.11. The van der Waals surface area contributed by atoms with Crippen LogP contribution in [0.1, 0.15) is 30.3 Å². The Labute approximate surface area is 123 Å². The number of nitrogens with zero attached hydrogens (tertiary/aromatic N) is 3. The van der Waals surface area contributed by atoms with Crippen molar-refractivity contribution in [1.29, 1.82) is 0 Å². The number of alkyl halides is 1. The van der Waals surface area contributed by atoms with Crippen LogP contribution in [0.25, 0.3) is 11.4 Å². The number of rotatable bonds is 3. The summed E-state index contributed by atoms with van der Waals surface area (Å²) < 4.78 is 3.36. The molecule has 0 radical (unpaired) electrons. The maximum absolute atomic E-state index is 4.38. The topological polar surface area (TPSA) is 30.7 Å². The molecule has 0 aliphatic heterocycles. The molecule has 0 N–H and O–H groups in total. The summed E-state index contributed by atoms with van der Waals surface area (Å²) in [6.45, 7) is 2.11. The van der Waals surface area contributed by atoms with E-state index in [0.717, 1.165) is 27.0 Å². The van der Waals surface area contributed by atoms with Crippen LogP contribution >= 0.6 is 31.9 Å². The smallest absolute Gasteiger partial charge is 0.164 e. The molecule has 0 amide bonds. The van der Waals surface area contributed by atoms with Gasteiger partial charge in [-0.05, 0) is 37.5 Å². The molecule has 94 valence electrons. The lowest BCUT2D eigenvalue weighted by molar-refractivity contribution is 0.714. The summed E-state index contributed by atoms with van der Waals surface area (Å²) in [6.07, 6.45) is 2.47. The van der Waals surface area contributed by atoms with Crippen molar-refractivity contribution in [3.05, 3.63) is 34.1 Å². The highest BCUT2D eigenvalue weighted by atomic mass is 79.9. The second-order valence-electron chi connectivity index (χ2n) is 4.63. The largest absolute Gasteiger partial charge is 0.307 e.